The number of amides is 1. The van der Waals surface area contributed by atoms with E-state index in [9.17, 15) is 13.2 Å². The number of carbonyl (C=O) groups is 1. The summed E-state index contributed by atoms with van der Waals surface area (Å²) >= 11 is 1.57. The quantitative estimate of drug-likeness (QED) is 0.410. The predicted molar refractivity (Wildman–Crippen MR) is 134 cm³/mol. The number of benzene rings is 2. The van der Waals surface area contributed by atoms with E-state index in [1.54, 1.807) is 18.7 Å². The first-order chi connectivity index (χ1) is 15.9. The van der Waals surface area contributed by atoms with Crippen LogP contribution in [0, 0.1) is 0 Å². The minimum atomic E-state index is -3.50. The normalized spacial score (nSPS) is 12.4. The number of hydrogen-bond donors (Lipinski definition) is 2. The maximum absolute atomic E-state index is 12.9. The van der Waals surface area contributed by atoms with E-state index >= 15 is 0 Å². The molecule has 0 saturated heterocycles. The largest absolute Gasteiger partial charge is 0.350 e. The number of hydrogen-bond acceptors (Lipinski definition) is 5. The third-order valence-corrected chi connectivity index (χ3v) is 7.20. The summed E-state index contributed by atoms with van der Waals surface area (Å²) in [7, 11) is -3.50. The van der Waals surface area contributed by atoms with Gasteiger partial charge in [0.25, 0.3) is 0 Å². The molecule has 2 aromatic carbocycles. The Balaban J connectivity index is 1.79. The van der Waals surface area contributed by atoms with Crippen molar-refractivity contribution in [3.63, 3.8) is 0 Å². The highest BCUT2D eigenvalue weighted by Gasteiger charge is 2.23. The highest BCUT2D eigenvalue weighted by molar-refractivity contribution is 7.98. The molecule has 0 bridgehead atoms. The van der Waals surface area contributed by atoms with Gasteiger partial charge >= 0.3 is 0 Å². The number of aromatic nitrogens is 2. The van der Waals surface area contributed by atoms with Crippen molar-refractivity contribution in [2.75, 3.05) is 17.8 Å². The molecule has 1 heterocycles. The van der Waals surface area contributed by atoms with Gasteiger partial charge in [-0.15, -0.1) is 0 Å². The summed E-state index contributed by atoms with van der Waals surface area (Å²) < 4.78 is 28.5. The predicted octanol–water partition coefficient (Wildman–Crippen LogP) is 3.28. The maximum Gasteiger partial charge on any atom is 0.238 e. The van der Waals surface area contributed by atoms with Crippen LogP contribution in [-0.4, -0.2) is 47.9 Å². The van der Waals surface area contributed by atoms with Crippen LogP contribution in [0.15, 0.2) is 66.9 Å². The van der Waals surface area contributed by atoms with Crippen molar-refractivity contribution in [2.24, 2.45) is 0 Å². The van der Waals surface area contributed by atoms with E-state index in [0.29, 0.717) is 18.7 Å². The van der Waals surface area contributed by atoms with Crippen molar-refractivity contribution < 1.29 is 13.2 Å². The molecule has 7 nitrogen and oxygen atoms in total. The minimum absolute atomic E-state index is 0.0690. The van der Waals surface area contributed by atoms with Crippen LogP contribution < -0.4 is 10.0 Å². The Hall–Kier alpha value is -2.62. The number of sulfonamides is 1. The first-order valence-corrected chi connectivity index (χ1v) is 13.9. The molecule has 1 aromatic heterocycles. The van der Waals surface area contributed by atoms with E-state index < -0.39 is 16.1 Å². The average molecular weight is 487 g/mol. The van der Waals surface area contributed by atoms with E-state index in [2.05, 4.69) is 10.0 Å². The Morgan fingerprint density at radius 2 is 1.76 bits per heavy atom. The SMILES string of the molecule is CCS(=O)(=O)NC(CCSC)C(=O)NCc1cn(Cc2ccccc2)nc1-c1ccccc1. The Labute approximate surface area is 200 Å². The standard InChI is InChI=1S/C24H30N4O3S2/c1-3-33(30,31)27-22(14-15-32-2)24(29)25-16-21-18-28(17-19-10-6-4-7-11-19)26-23(21)20-12-8-5-9-13-20/h4-13,18,22,27H,3,14-17H2,1-2H3,(H,25,29). The van der Waals surface area contributed by atoms with E-state index in [1.807, 2.05) is 77.8 Å². The van der Waals surface area contributed by atoms with Gasteiger partial charge in [-0.05, 0) is 30.9 Å². The lowest BCUT2D eigenvalue weighted by atomic mass is 10.1. The van der Waals surface area contributed by atoms with Crippen molar-refractivity contribution in [3.8, 4) is 11.3 Å². The lowest BCUT2D eigenvalue weighted by molar-refractivity contribution is -0.122. The molecule has 0 aliphatic heterocycles. The molecule has 0 fully saturated rings. The number of nitrogens with zero attached hydrogens (tertiary/aromatic N) is 2. The molecule has 1 unspecified atom stereocenters. The summed E-state index contributed by atoms with van der Waals surface area (Å²) in [5.41, 5.74) is 3.74. The maximum atomic E-state index is 12.9. The number of carbonyl (C=O) groups excluding carboxylic acids is 1. The fraction of sp³-hybridized carbons (Fsp3) is 0.333. The Morgan fingerprint density at radius 1 is 1.09 bits per heavy atom. The second-order valence-corrected chi connectivity index (χ2v) is 10.7. The average Bonchev–Trinajstić information content (AvgIpc) is 3.23. The van der Waals surface area contributed by atoms with Crippen LogP contribution in [0.4, 0.5) is 0 Å². The first-order valence-electron chi connectivity index (χ1n) is 10.8. The van der Waals surface area contributed by atoms with Gasteiger partial charge in [0.2, 0.25) is 15.9 Å². The van der Waals surface area contributed by atoms with Crippen molar-refractivity contribution in [3.05, 3.63) is 78.0 Å². The summed E-state index contributed by atoms with van der Waals surface area (Å²) in [5, 5.41) is 7.68. The van der Waals surface area contributed by atoms with Gasteiger partial charge in [-0.2, -0.15) is 16.9 Å². The van der Waals surface area contributed by atoms with Crippen molar-refractivity contribution in [1.82, 2.24) is 19.8 Å². The van der Waals surface area contributed by atoms with Crippen LogP contribution in [0.5, 0.6) is 0 Å². The molecule has 1 atom stereocenters. The molecule has 0 aliphatic rings. The zero-order valence-corrected chi connectivity index (χ0v) is 20.5. The topological polar surface area (TPSA) is 93.1 Å². The number of thioether (sulfide) groups is 1. The molecule has 0 spiro atoms. The summed E-state index contributed by atoms with van der Waals surface area (Å²) in [6.45, 7) is 2.42. The fourth-order valence-electron chi connectivity index (χ4n) is 3.37. The van der Waals surface area contributed by atoms with Crippen LogP contribution >= 0.6 is 11.8 Å². The van der Waals surface area contributed by atoms with Gasteiger partial charge in [0.15, 0.2) is 0 Å². The van der Waals surface area contributed by atoms with Gasteiger partial charge in [-0.25, -0.2) is 13.1 Å². The Kier molecular flexibility index (Phi) is 9.11. The number of rotatable bonds is 12. The third-order valence-electron chi connectivity index (χ3n) is 5.15. The Bertz CT molecular complexity index is 1130. The molecule has 0 radical (unpaired) electrons. The van der Waals surface area contributed by atoms with Crippen LogP contribution in [-0.2, 0) is 27.9 Å². The van der Waals surface area contributed by atoms with Gasteiger partial charge in [-0.3, -0.25) is 9.48 Å². The lowest BCUT2D eigenvalue weighted by Gasteiger charge is -2.17. The molecule has 3 aromatic rings. The fourth-order valence-corrected chi connectivity index (χ4v) is 4.66. The number of nitrogens with one attached hydrogen (secondary N) is 2. The molecule has 33 heavy (non-hydrogen) atoms. The van der Waals surface area contributed by atoms with Crippen LogP contribution in [0.1, 0.15) is 24.5 Å². The van der Waals surface area contributed by atoms with E-state index in [-0.39, 0.29) is 18.2 Å². The van der Waals surface area contributed by atoms with Crippen LogP contribution in [0.25, 0.3) is 11.3 Å². The monoisotopic (exact) mass is 486 g/mol. The molecule has 9 heteroatoms. The molecular formula is C24H30N4O3S2. The minimum Gasteiger partial charge on any atom is -0.350 e. The van der Waals surface area contributed by atoms with Crippen molar-refractivity contribution in [2.45, 2.75) is 32.5 Å². The molecule has 1 amide bonds. The zero-order chi connectivity index (χ0) is 23.7. The highest BCUT2D eigenvalue weighted by atomic mass is 32.2. The molecule has 0 saturated carbocycles. The molecule has 2 N–H and O–H groups in total. The Morgan fingerprint density at radius 3 is 2.39 bits per heavy atom. The summed E-state index contributed by atoms with van der Waals surface area (Å²) in [5.74, 6) is 0.269. The van der Waals surface area contributed by atoms with E-state index in [0.717, 1.165) is 22.4 Å². The lowest BCUT2D eigenvalue weighted by Crippen LogP contribution is -2.47. The summed E-state index contributed by atoms with van der Waals surface area (Å²) in [6, 6.07) is 19.1. The summed E-state index contributed by atoms with van der Waals surface area (Å²) in [4.78, 5) is 12.9. The highest BCUT2D eigenvalue weighted by Crippen LogP contribution is 2.22. The first kappa shape index (κ1) is 25.0. The second-order valence-electron chi connectivity index (χ2n) is 7.63. The van der Waals surface area contributed by atoms with Crippen molar-refractivity contribution >= 4 is 27.7 Å². The summed E-state index contributed by atoms with van der Waals surface area (Å²) in [6.07, 6.45) is 4.28. The molecule has 3 rings (SSSR count). The van der Waals surface area contributed by atoms with Gasteiger partial charge in [0.1, 0.15) is 6.04 Å². The van der Waals surface area contributed by atoms with Gasteiger partial charge < -0.3 is 5.32 Å². The van der Waals surface area contributed by atoms with Gasteiger partial charge in [-0.1, -0.05) is 60.7 Å². The third kappa shape index (κ3) is 7.45. The van der Waals surface area contributed by atoms with Gasteiger partial charge in [0.05, 0.1) is 18.0 Å². The van der Waals surface area contributed by atoms with Crippen molar-refractivity contribution in [1.29, 1.82) is 0 Å². The van der Waals surface area contributed by atoms with Crippen LogP contribution in [0.3, 0.4) is 0 Å². The second kappa shape index (κ2) is 12.0. The smallest absolute Gasteiger partial charge is 0.238 e. The van der Waals surface area contributed by atoms with E-state index in [1.165, 1.54) is 0 Å². The molecule has 0 aliphatic carbocycles. The molecular weight excluding hydrogens is 456 g/mol. The van der Waals surface area contributed by atoms with E-state index in [4.69, 9.17) is 5.10 Å². The zero-order valence-electron chi connectivity index (χ0n) is 18.9. The molecule has 176 valence electrons. The van der Waals surface area contributed by atoms with Crippen LogP contribution in [0.2, 0.25) is 0 Å². The van der Waals surface area contributed by atoms with Gasteiger partial charge in [0, 0.05) is 23.9 Å².